The van der Waals surface area contributed by atoms with Crippen LogP contribution in [0.4, 0.5) is 34.3 Å². The standard InChI is InChI=1S/C50H62F3N7O6Si/c1-27(2)67(28(3)4,29(5)6)20-17-31-13-11-14-32-21-33(54-46(61)66-48(8,9)10)22-35(37(31)32)40-39(51)41-38-43(57-45(56-41)64-26-49-18-12-19-58(49)25-50(52,53)24-49)59-23-34-15-16-36(60(34)47(62)63)42(59)30(7)65-44(38)55-40/h11,13-14,21-22,27-30,34,36,42H,12,15-16,18-19,23-26H2,1-10H3,(H,54,61)(H,62,63). The maximum absolute atomic E-state index is 18.3. The Morgan fingerprint density at radius 1 is 1.04 bits per heavy atom. The third-order valence-corrected chi connectivity index (χ3v) is 21.4. The third kappa shape index (κ3) is 8.09. The number of anilines is 2. The van der Waals surface area contributed by atoms with Crippen LogP contribution in [0, 0.1) is 17.3 Å². The van der Waals surface area contributed by atoms with Crippen LogP contribution < -0.4 is 19.7 Å². The number of halogens is 3. The van der Waals surface area contributed by atoms with Crippen LogP contribution in [0.5, 0.6) is 11.9 Å². The van der Waals surface area contributed by atoms with E-state index in [1.807, 2.05) is 30.0 Å². The van der Waals surface area contributed by atoms with Gasteiger partial charge in [0.1, 0.15) is 48.8 Å². The van der Waals surface area contributed by atoms with E-state index in [0.717, 1.165) is 6.42 Å². The number of alkyl halides is 2. The van der Waals surface area contributed by atoms with Crippen molar-refractivity contribution in [1.29, 1.82) is 0 Å². The Morgan fingerprint density at radius 3 is 2.46 bits per heavy atom. The minimum Gasteiger partial charge on any atom is -0.472 e. The molecule has 67 heavy (non-hydrogen) atoms. The number of nitrogens with one attached hydrogen (secondary N) is 1. The van der Waals surface area contributed by atoms with Gasteiger partial charge in [0.2, 0.25) is 5.88 Å². The molecule has 0 aliphatic carbocycles. The molecule has 17 heteroatoms. The molecule has 2 N–H and O–H groups in total. The van der Waals surface area contributed by atoms with Crippen LogP contribution in [-0.2, 0) is 4.74 Å². The van der Waals surface area contributed by atoms with Gasteiger partial charge in [-0.3, -0.25) is 15.1 Å². The molecule has 4 saturated heterocycles. The van der Waals surface area contributed by atoms with Gasteiger partial charge in [-0.2, -0.15) is 9.97 Å². The van der Waals surface area contributed by atoms with Crippen LogP contribution in [0.3, 0.4) is 0 Å². The van der Waals surface area contributed by atoms with E-state index in [1.165, 1.54) is 4.90 Å². The van der Waals surface area contributed by atoms with E-state index in [0.29, 0.717) is 70.0 Å². The number of hydrogen-bond donors (Lipinski definition) is 2. The third-order valence-electron chi connectivity index (χ3n) is 15.1. The van der Waals surface area contributed by atoms with Crippen molar-refractivity contribution in [3.05, 3.63) is 41.7 Å². The van der Waals surface area contributed by atoms with Crippen LogP contribution in [0.15, 0.2) is 30.3 Å². The molecule has 2 aromatic carbocycles. The molecule has 13 nitrogen and oxygen atoms in total. The van der Waals surface area contributed by atoms with Gasteiger partial charge in [-0.05, 0) is 100 Å². The summed E-state index contributed by atoms with van der Waals surface area (Å²) < 4.78 is 66.9. The van der Waals surface area contributed by atoms with Gasteiger partial charge in [-0.15, -0.1) is 5.54 Å². The fourth-order valence-electron chi connectivity index (χ4n) is 12.5. The number of benzene rings is 2. The van der Waals surface area contributed by atoms with Crippen molar-refractivity contribution >= 4 is 53.4 Å². The number of ether oxygens (including phenoxy) is 3. The summed E-state index contributed by atoms with van der Waals surface area (Å²) in [4.78, 5) is 45.9. The number of amides is 2. The molecule has 0 spiro atoms. The van der Waals surface area contributed by atoms with Crippen molar-refractivity contribution < 1.29 is 42.1 Å². The Labute approximate surface area is 391 Å². The molecular weight excluding hydrogens is 880 g/mol. The number of carboxylic acid groups (broad SMARTS) is 1. The minimum atomic E-state index is -2.88. The highest BCUT2D eigenvalue weighted by Gasteiger charge is 2.58. The van der Waals surface area contributed by atoms with Gasteiger partial charge in [0.15, 0.2) is 5.82 Å². The minimum absolute atomic E-state index is 0.0386. The van der Waals surface area contributed by atoms with E-state index >= 15 is 4.39 Å². The van der Waals surface area contributed by atoms with Crippen molar-refractivity contribution in [2.45, 2.75) is 159 Å². The lowest BCUT2D eigenvalue weighted by molar-refractivity contribution is 0.00801. The second kappa shape index (κ2) is 16.7. The lowest BCUT2D eigenvalue weighted by atomic mass is 9.94. The number of carbonyl (C=O) groups is 2. The van der Waals surface area contributed by atoms with Gasteiger partial charge in [-0.25, -0.2) is 27.7 Å². The summed E-state index contributed by atoms with van der Waals surface area (Å²) in [7, 11) is -2.26. The number of nitrogens with zero attached hydrogens (tertiary/aromatic N) is 6. The van der Waals surface area contributed by atoms with Crippen molar-refractivity contribution in [2.75, 3.05) is 36.5 Å². The van der Waals surface area contributed by atoms with Gasteiger partial charge in [-0.1, -0.05) is 59.6 Å². The molecule has 0 radical (unpaired) electrons. The highest BCUT2D eigenvalue weighted by Crippen LogP contribution is 2.49. The molecule has 5 unspecified atom stereocenters. The average Bonchev–Trinajstić information content (AvgIpc) is 3.81. The molecule has 4 fully saturated rings. The highest BCUT2D eigenvalue weighted by atomic mass is 28.3. The number of pyridine rings is 1. The molecular formula is C50H62F3N7O6Si. The highest BCUT2D eigenvalue weighted by molar-refractivity contribution is 6.90. The molecule has 5 aliphatic rings. The monoisotopic (exact) mass is 941 g/mol. The average molecular weight is 942 g/mol. The second-order valence-electron chi connectivity index (χ2n) is 21.4. The van der Waals surface area contributed by atoms with Crippen LogP contribution in [0.1, 0.15) is 107 Å². The molecule has 2 amide bonds. The number of rotatable bonds is 8. The maximum Gasteiger partial charge on any atom is 0.412 e. The van der Waals surface area contributed by atoms with E-state index in [1.54, 1.807) is 37.8 Å². The normalized spacial score (nSPS) is 24.4. The molecule has 4 aromatic rings. The van der Waals surface area contributed by atoms with E-state index in [4.69, 9.17) is 29.2 Å². The van der Waals surface area contributed by atoms with Gasteiger partial charge in [0.05, 0.1) is 30.2 Å². The molecule has 5 aliphatic heterocycles. The summed E-state index contributed by atoms with van der Waals surface area (Å²) >= 11 is 0. The van der Waals surface area contributed by atoms with Crippen molar-refractivity contribution in [3.8, 4) is 34.6 Å². The van der Waals surface area contributed by atoms with Crippen molar-refractivity contribution in [1.82, 2.24) is 24.8 Å². The maximum atomic E-state index is 18.3. The zero-order valence-corrected chi connectivity index (χ0v) is 41.1. The van der Waals surface area contributed by atoms with E-state index in [-0.39, 0.29) is 66.5 Å². The first-order valence-electron chi connectivity index (χ1n) is 23.7. The largest absolute Gasteiger partial charge is 0.472 e. The first-order chi connectivity index (χ1) is 31.5. The van der Waals surface area contributed by atoms with E-state index < -0.39 is 61.3 Å². The number of fused-ring (bicyclic) bond motifs is 7. The zero-order valence-electron chi connectivity index (χ0n) is 40.1. The first kappa shape index (κ1) is 46.8. The fourth-order valence-corrected chi connectivity index (χ4v) is 17.7. The summed E-state index contributed by atoms with van der Waals surface area (Å²) in [5, 5.41) is 14.7. The molecule has 2 bridgehead atoms. The molecule has 2 aromatic heterocycles. The fraction of sp³-hybridized carbons (Fsp3) is 0.580. The number of piperazine rings is 1. The Bertz CT molecular complexity index is 2700. The van der Waals surface area contributed by atoms with Gasteiger partial charge in [0.25, 0.3) is 5.92 Å². The summed E-state index contributed by atoms with van der Waals surface area (Å²) in [5.74, 6) is 0.196. The van der Waals surface area contributed by atoms with Crippen molar-refractivity contribution in [3.63, 3.8) is 0 Å². The number of hydrogen-bond acceptors (Lipinski definition) is 10. The van der Waals surface area contributed by atoms with Gasteiger partial charge >= 0.3 is 18.2 Å². The Hall–Kier alpha value is -5.34. The quantitative estimate of drug-likeness (QED) is 0.129. The smallest absolute Gasteiger partial charge is 0.412 e. The van der Waals surface area contributed by atoms with Gasteiger partial charge in [0, 0.05) is 35.2 Å². The Kier molecular flexibility index (Phi) is 11.7. The van der Waals surface area contributed by atoms with E-state index in [9.17, 15) is 23.5 Å². The Balaban J connectivity index is 1.27. The van der Waals surface area contributed by atoms with E-state index in [2.05, 4.69) is 58.3 Å². The van der Waals surface area contributed by atoms with Crippen molar-refractivity contribution in [2.24, 2.45) is 0 Å². The second-order valence-corrected chi connectivity index (χ2v) is 26.9. The molecule has 0 saturated carbocycles. The van der Waals surface area contributed by atoms with Crippen LogP contribution in [0.25, 0.3) is 32.9 Å². The predicted octanol–water partition coefficient (Wildman–Crippen LogP) is 10.6. The molecule has 358 valence electrons. The SMILES string of the molecule is CC1Oc2nc(-c3cc(NC(=O)OC(C)(C)C)cc4cccc(C#C[Si](C(C)C)(C(C)C)C(C)C)c34)c(F)c3nc(OCC45CCCN4CC(F)(F)C5)nc(c23)N2CC3CCC(C12)N3C(=O)O. The summed E-state index contributed by atoms with van der Waals surface area (Å²) in [6, 6.07) is 7.55. The van der Waals surface area contributed by atoms with Gasteiger partial charge < -0.3 is 24.2 Å². The summed E-state index contributed by atoms with van der Waals surface area (Å²) in [6.07, 6.45) is -0.314. The number of carbonyl (C=O) groups excluding carboxylic acids is 1. The lowest BCUT2D eigenvalue weighted by Gasteiger charge is -2.47. The zero-order chi connectivity index (χ0) is 48.1. The topological polar surface area (TPSA) is 142 Å². The number of aromatic nitrogens is 3. The summed E-state index contributed by atoms with van der Waals surface area (Å²) in [6.45, 7) is 20.9. The van der Waals surface area contributed by atoms with Crippen LogP contribution in [-0.4, -0.2) is 118 Å². The lowest BCUT2D eigenvalue weighted by Crippen LogP contribution is -2.64. The summed E-state index contributed by atoms with van der Waals surface area (Å²) in [5.41, 5.74) is 4.11. The first-order valence-corrected chi connectivity index (χ1v) is 26.0. The molecule has 5 atom stereocenters. The van der Waals surface area contributed by atoms with Crippen LogP contribution in [0.2, 0.25) is 16.6 Å². The van der Waals surface area contributed by atoms with Crippen LogP contribution >= 0.6 is 0 Å². The molecule has 9 rings (SSSR count). The Morgan fingerprint density at radius 2 is 1.78 bits per heavy atom. The predicted molar refractivity (Wildman–Crippen MR) is 255 cm³/mol. The molecule has 7 heterocycles.